The number of imide groups is 1. The summed E-state index contributed by atoms with van der Waals surface area (Å²) in [5, 5.41) is 2.34. The van der Waals surface area contributed by atoms with E-state index in [1.807, 2.05) is 12.1 Å². The Labute approximate surface area is 109 Å². The summed E-state index contributed by atoms with van der Waals surface area (Å²) in [6.45, 7) is 0. The van der Waals surface area contributed by atoms with Crippen LogP contribution in [0.2, 0.25) is 0 Å². The average molecular weight is 250 g/mol. The fraction of sp³-hybridized carbons (Fsp3) is 0. The van der Waals surface area contributed by atoms with Crippen LogP contribution in [0.4, 0.5) is 0 Å². The molecule has 1 aliphatic rings. The smallest absolute Gasteiger partial charge is 0.258 e. The normalized spacial score (nSPS) is 16.1. The molecule has 0 saturated carbocycles. The Morgan fingerprint density at radius 3 is 2.47 bits per heavy atom. The zero-order valence-corrected chi connectivity index (χ0v) is 9.96. The maximum absolute atomic E-state index is 12.0. The van der Waals surface area contributed by atoms with E-state index in [1.165, 1.54) is 0 Å². The molecule has 0 fully saturated rings. The molecule has 1 N–H and O–H groups in total. The Morgan fingerprint density at radius 2 is 1.74 bits per heavy atom. The van der Waals surface area contributed by atoms with E-state index < -0.39 is 0 Å². The molecule has 4 heteroatoms. The number of aromatic nitrogens is 1. The summed E-state index contributed by atoms with van der Waals surface area (Å²) in [4.78, 5) is 27.7. The molecule has 2 heterocycles. The SMILES string of the molecule is O=C1NC(=O)c2ccccc2C1=Cc1cccnc1. The van der Waals surface area contributed by atoms with Crippen LogP contribution in [0.15, 0.2) is 48.8 Å². The molecule has 0 unspecified atom stereocenters. The van der Waals surface area contributed by atoms with Crippen LogP contribution in [0.1, 0.15) is 21.5 Å². The van der Waals surface area contributed by atoms with Crippen LogP contribution in [0.3, 0.4) is 0 Å². The lowest BCUT2D eigenvalue weighted by Crippen LogP contribution is -2.36. The van der Waals surface area contributed by atoms with Crippen molar-refractivity contribution in [1.82, 2.24) is 10.3 Å². The van der Waals surface area contributed by atoms with E-state index in [-0.39, 0.29) is 11.8 Å². The molecule has 2 amide bonds. The van der Waals surface area contributed by atoms with Crippen LogP contribution in [-0.2, 0) is 4.79 Å². The summed E-state index contributed by atoms with van der Waals surface area (Å²) in [5.41, 5.74) is 2.46. The molecule has 0 bridgehead atoms. The summed E-state index contributed by atoms with van der Waals surface area (Å²) in [6, 6.07) is 10.7. The Balaban J connectivity index is 2.16. The van der Waals surface area contributed by atoms with E-state index in [1.54, 1.807) is 42.7 Å². The highest BCUT2D eigenvalue weighted by Crippen LogP contribution is 2.25. The molecule has 0 aliphatic carbocycles. The van der Waals surface area contributed by atoms with E-state index in [4.69, 9.17) is 0 Å². The third-order valence-electron chi connectivity index (χ3n) is 2.93. The van der Waals surface area contributed by atoms with E-state index in [9.17, 15) is 9.59 Å². The number of pyridine rings is 1. The number of fused-ring (bicyclic) bond motifs is 1. The summed E-state index contributed by atoms with van der Waals surface area (Å²) in [7, 11) is 0. The van der Waals surface area contributed by atoms with E-state index in [2.05, 4.69) is 10.3 Å². The average Bonchev–Trinajstić information content (AvgIpc) is 2.45. The lowest BCUT2D eigenvalue weighted by Gasteiger charge is -2.17. The maximum atomic E-state index is 12.0. The monoisotopic (exact) mass is 250 g/mol. The zero-order chi connectivity index (χ0) is 13.2. The van der Waals surface area contributed by atoms with Crippen LogP contribution in [0.5, 0.6) is 0 Å². The molecule has 4 nitrogen and oxygen atoms in total. The molecular formula is C15H10N2O2. The van der Waals surface area contributed by atoms with Gasteiger partial charge in [0.1, 0.15) is 0 Å². The van der Waals surface area contributed by atoms with Crippen molar-refractivity contribution in [2.45, 2.75) is 0 Å². The molecular weight excluding hydrogens is 240 g/mol. The van der Waals surface area contributed by atoms with Gasteiger partial charge in [0, 0.05) is 23.5 Å². The highest BCUT2D eigenvalue weighted by atomic mass is 16.2. The minimum atomic E-state index is -0.382. The van der Waals surface area contributed by atoms with Crippen LogP contribution in [0.25, 0.3) is 11.6 Å². The maximum Gasteiger partial charge on any atom is 0.258 e. The fourth-order valence-electron chi connectivity index (χ4n) is 2.05. The number of amides is 2. The first-order chi connectivity index (χ1) is 9.25. The summed E-state index contributed by atoms with van der Waals surface area (Å²) in [6.07, 6.45) is 5.06. The van der Waals surface area contributed by atoms with Crippen molar-refractivity contribution in [3.63, 3.8) is 0 Å². The van der Waals surface area contributed by atoms with Gasteiger partial charge in [-0.3, -0.25) is 19.9 Å². The largest absolute Gasteiger partial charge is 0.288 e. The first kappa shape index (κ1) is 11.3. The first-order valence-corrected chi connectivity index (χ1v) is 5.82. The van der Waals surface area contributed by atoms with Gasteiger partial charge in [-0.1, -0.05) is 24.3 Å². The number of nitrogens with one attached hydrogen (secondary N) is 1. The van der Waals surface area contributed by atoms with Crippen molar-refractivity contribution in [1.29, 1.82) is 0 Å². The van der Waals surface area contributed by atoms with Gasteiger partial charge in [0.2, 0.25) is 0 Å². The molecule has 0 saturated heterocycles. The number of hydrogen-bond acceptors (Lipinski definition) is 3. The summed E-state index contributed by atoms with van der Waals surface area (Å²) in [5.74, 6) is -0.739. The molecule has 3 rings (SSSR count). The predicted octanol–water partition coefficient (Wildman–Crippen LogP) is 1.89. The number of carbonyl (C=O) groups excluding carboxylic acids is 2. The van der Waals surface area contributed by atoms with Gasteiger partial charge in [-0.05, 0) is 29.3 Å². The van der Waals surface area contributed by atoms with Gasteiger partial charge in [0.15, 0.2) is 0 Å². The summed E-state index contributed by atoms with van der Waals surface area (Å²) >= 11 is 0. The molecule has 1 aromatic heterocycles. The number of nitrogens with zero attached hydrogens (tertiary/aromatic N) is 1. The predicted molar refractivity (Wildman–Crippen MR) is 71.0 cm³/mol. The molecule has 92 valence electrons. The molecule has 19 heavy (non-hydrogen) atoms. The molecule has 1 aromatic carbocycles. The standard InChI is InChI=1S/C15H10N2O2/c18-14-12-6-2-1-5-11(12)13(15(19)17-14)8-10-4-3-7-16-9-10/h1-9H,(H,17,18,19). The van der Waals surface area contributed by atoms with Crippen molar-refractivity contribution >= 4 is 23.5 Å². The summed E-state index contributed by atoms with van der Waals surface area (Å²) < 4.78 is 0. The molecule has 0 atom stereocenters. The van der Waals surface area contributed by atoms with Gasteiger partial charge in [-0.15, -0.1) is 0 Å². The third kappa shape index (κ3) is 2.04. The van der Waals surface area contributed by atoms with Gasteiger partial charge in [-0.25, -0.2) is 0 Å². The van der Waals surface area contributed by atoms with Crippen LogP contribution in [-0.4, -0.2) is 16.8 Å². The van der Waals surface area contributed by atoms with E-state index >= 15 is 0 Å². The van der Waals surface area contributed by atoms with Gasteiger partial charge < -0.3 is 0 Å². The molecule has 0 radical (unpaired) electrons. The van der Waals surface area contributed by atoms with Crippen LogP contribution >= 0.6 is 0 Å². The lowest BCUT2D eigenvalue weighted by atomic mass is 9.94. The number of carbonyl (C=O) groups is 2. The number of benzene rings is 1. The molecule has 2 aromatic rings. The Bertz CT molecular complexity index is 690. The Kier molecular flexibility index (Phi) is 2.68. The first-order valence-electron chi connectivity index (χ1n) is 5.82. The van der Waals surface area contributed by atoms with Crippen molar-refractivity contribution < 1.29 is 9.59 Å². The highest BCUT2D eigenvalue weighted by molar-refractivity contribution is 6.33. The van der Waals surface area contributed by atoms with Gasteiger partial charge in [-0.2, -0.15) is 0 Å². The van der Waals surface area contributed by atoms with Crippen LogP contribution in [0, 0.1) is 0 Å². The fourth-order valence-corrected chi connectivity index (χ4v) is 2.05. The van der Waals surface area contributed by atoms with Crippen molar-refractivity contribution in [2.24, 2.45) is 0 Å². The molecule has 1 aliphatic heterocycles. The highest BCUT2D eigenvalue weighted by Gasteiger charge is 2.26. The lowest BCUT2D eigenvalue weighted by molar-refractivity contribution is -0.114. The molecule has 0 spiro atoms. The zero-order valence-electron chi connectivity index (χ0n) is 9.96. The van der Waals surface area contributed by atoms with Crippen molar-refractivity contribution in [2.75, 3.05) is 0 Å². The topological polar surface area (TPSA) is 59.1 Å². The minimum absolute atomic E-state index is 0.357. The Morgan fingerprint density at radius 1 is 0.947 bits per heavy atom. The van der Waals surface area contributed by atoms with E-state index in [0.29, 0.717) is 16.7 Å². The van der Waals surface area contributed by atoms with Gasteiger partial charge in [0.05, 0.1) is 0 Å². The second-order valence-electron chi connectivity index (χ2n) is 4.17. The second kappa shape index (κ2) is 4.49. The second-order valence-corrected chi connectivity index (χ2v) is 4.17. The Hall–Kier alpha value is -2.75. The minimum Gasteiger partial charge on any atom is -0.288 e. The van der Waals surface area contributed by atoms with E-state index in [0.717, 1.165) is 5.56 Å². The van der Waals surface area contributed by atoms with Crippen molar-refractivity contribution in [3.05, 3.63) is 65.5 Å². The van der Waals surface area contributed by atoms with Gasteiger partial charge >= 0.3 is 0 Å². The van der Waals surface area contributed by atoms with Crippen molar-refractivity contribution in [3.8, 4) is 0 Å². The quantitative estimate of drug-likeness (QED) is 0.621. The number of hydrogen-bond donors (Lipinski definition) is 1. The van der Waals surface area contributed by atoms with Crippen LogP contribution < -0.4 is 5.32 Å². The third-order valence-corrected chi connectivity index (χ3v) is 2.93. The number of rotatable bonds is 1. The van der Waals surface area contributed by atoms with Gasteiger partial charge in [0.25, 0.3) is 11.8 Å².